The van der Waals surface area contributed by atoms with Gasteiger partial charge in [0.15, 0.2) is 0 Å². The Labute approximate surface area is 74.1 Å². The first-order chi connectivity index (χ1) is 5.73. The van der Waals surface area contributed by atoms with E-state index in [4.69, 9.17) is 0 Å². The summed E-state index contributed by atoms with van der Waals surface area (Å²) in [5.41, 5.74) is 1.15. The maximum Gasteiger partial charge on any atom is 0.0525 e. The second kappa shape index (κ2) is 3.72. The number of hydrogen-bond acceptors (Lipinski definition) is 1. The average Bonchev–Trinajstić information content (AvgIpc) is 2.18. The molecule has 0 heterocycles. The third-order valence-corrected chi connectivity index (χ3v) is 2.60. The molecule has 1 aromatic carbocycles. The molecule has 0 amide bonds. The summed E-state index contributed by atoms with van der Waals surface area (Å²) in [6, 6.07) is 10.2. The molecule has 1 aromatic rings. The highest BCUT2D eigenvalue weighted by atomic mass is 16.3. The number of aliphatic hydroxyl groups is 1. The highest BCUT2D eigenvalue weighted by Crippen LogP contribution is 2.25. The largest absolute Gasteiger partial charge is 0.395 e. The lowest BCUT2D eigenvalue weighted by atomic mass is 9.81. The molecule has 1 N–H and O–H groups in total. The highest BCUT2D eigenvalue weighted by Gasteiger charge is 2.22. The Kier molecular flexibility index (Phi) is 2.88. The van der Waals surface area contributed by atoms with Crippen molar-refractivity contribution in [2.45, 2.75) is 25.7 Å². The summed E-state index contributed by atoms with van der Waals surface area (Å²) in [6.07, 6.45) is 0.966. The molecular weight excluding hydrogens is 148 g/mol. The van der Waals surface area contributed by atoms with Crippen molar-refractivity contribution in [3.05, 3.63) is 35.9 Å². The van der Waals surface area contributed by atoms with Crippen LogP contribution in [0.4, 0.5) is 0 Å². The number of benzene rings is 1. The van der Waals surface area contributed by atoms with Gasteiger partial charge in [0.25, 0.3) is 0 Å². The van der Waals surface area contributed by atoms with E-state index in [0.29, 0.717) is 0 Å². The smallest absolute Gasteiger partial charge is 0.0525 e. The molecule has 1 nitrogen and oxygen atoms in total. The first-order valence-electron chi connectivity index (χ1n) is 4.39. The highest BCUT2D eigenvalue weighted by molar-refractivity contribution is 5.24. The molecule has 1 atom stereocenters. The Bertz CT molecular complexity index is 224. The monoisotopic (exact) mass is 164 g/mol. The van der Waals surface area contributed by atoms with E-state index in [2.05, 4.69) is 26.0 Å². The Morgan fingerprint density at radius 1 is 1.25 bits per heavy atom. The fraction of sp³-hybridized carbons (Fsp3) is 0.455. The lowest BCUT2D eigenvalue weighted by Gasteiger charge is -2.25. The summed E-state index contributed by atoms with van der Waals surface area (Å²) < 4.78 is 0. The normalized spacial score (nSPS) is 15.6. The quantitative estimate of drug-likeness (QED) is 0.727. The lowest BCUT2D eigenvalue weighted by Crippen LogP contribution is -2.25. The molecule has 1 rings (SSSR count). The maximum absolute atomic E-state index is 9.24. The zero-order chi connectivity index (χ0) is 9.03. The van der Waals surface area contributed by atoms with Crippen LogP contribution in [0.25, 0.3) is 0 Å². The molecule has 0 spiro atoms. The fourth-order valence-electron chi connectivity index (χ4n) is 1.25. The second-order valence-electron chi connectivity index (χ2n) is 3.44. The molecular formula is C11H16O. The van der Waals surface area contributed by atoms with E-state index in [1.807, 2.05) is 18.2 Å². The third-order valence-electron chi connectivity index (χ3n) is 2.60. The van der Waals surface area contributed by atoms with Crippen LogP contribution < -0.4 is 0 Å². The second-order valence-corrected chi connectivity index (χ2v) is 3.44. The lowest BCUT2D eigenvalue weighted by molar-refractivity contribution is 0.201. The van der Waals surface area contributed by atoms with Crippen molar-refractivity contribution in [2.24, 2.45) is 0 Å². The first-order valence-corrected chi connectivity index (χ1v) is 4.39. The summed E-state index contributed by atoms with van der Waals surface area (Å²) in [4.78, 5) is 0. The van der Waals surface area contributed by atoms with Gasteiger partial charge in [-0.3, -0.25) is 0 Å². The van der Waals surface area contributed by atoms with Crippen LogP contribution in [-0.4, -0.2) is 11.7 Å². The van der Waals surface area contributed by atoms with Gasteiger partial charge in [-0.25, -0.2) is 0 Å². The minimum Gasteiger partial charge on any atom is -0.395 e. The molecule has 0 aromatic heterocycles. The number of hydrogen-bond donors (Lipinski definition) is 1. The summed E-state index contributed by atoms with van der Waals surface area (Å²) in [5.74, 6) is 0. The van der Waals surface area contributed by atoms with E-state index in [1.165, 1.54) is 5.56 Å². The van der Waals surface area contributed by atoms with Gasteiger partial charge >= 0.3 is 0 Å². The topological polar surface area (TPSA) is 20.2 Å². The molecule has 0 aliphatic carbocycles. The van der Waals surface area contributed by atoms with Gasteiger partial charge in [0.05, 0.1) is 6.61 Å². The van der Waals surface area contributed by atoms with Crippen molar-refractivity contribution in [2.75, 3.05) is 6.61 Å². The minimum atomic E-state index is -0.0682. The summed E-state index contributed by atoms with van der Waals surface area (Å²) in [6.45, 7) is 4.40. The summed E-state index contributed by atoms with van der Waals surface area (Å²) in [5, 5.41) is 9.24. The fourth-order valence-corrected chi connectivity index (χ4v) is 1.25. The molecule has 0 fully saturated rings. The van der Waals surface area contributed by atoms with Gasteiger partial charge in [-0.2, -0.15) is 0 Å². The molecule has 0 unspecified atom stereocenters. The van der Waals surface area contributed by atoms with E-state index in [0.717, 1.165) is 6.42 Å². The van der Waals surface area contributed by atoms with Crippen LogP contribution in [0.1, 0.15) is 25.8 Å². The Balaban J connectivity index is 2.95. The molecule has 0 aliphatic rings. The van der Waals surface area contributed by atoms with E-state index < -0.39 is 0 Å². The van der Waals surface area contributed by atoms with Crippen LogP contribution in [0.5, 0.6) is 0 Å². The minimum absolute atomic E-state index is 0.0682. The van der Waals surface area contributed by atoms with E-state index >= 15 is 0 Å². The Hall–Kier alpha value is -0.820. The van der Waals surface area contributed by atoms with Gasteiger partial charge in [0.1, 0.15) is 0 Å². The van der Waals surface area contributed by atoms with Crippen molar-refractivity contribution >= 4 is 0 Å². The average molecular weight is 164 g/mol. The van der Waals surface area contributed by atoms with Crippen molar-refractivity contribution in [1.29, 1.82) is 0 Å². The van der Waals surface area contributed by atoms with E-state index in [-0.39, 0.29) is 12.0 Å². The molecule has 1 heteroatoms. The zero-order valence-corrected chi connectivity index (χ0v) is 7.75. The summed E-state index contributed by atoms with van der Waals surface area (Å²) in [7, 11) is 0. The standard InChI is InChI=1S/C11H16O/c1-3-11(2,9-12)10-7-5-4-6-8-10/h4-8,12H,3,9H2,1-2H3/t11-/m0/s1. The SMILES string of the molecule is CC[C@@](C)(CO)c1ccccc1. The number of rotatable bonds is 3. The van der Waals surface area contributed by atoms with Gasteiger partial charge < -0.3 is 5.11 Å². The van der Waals surface area contributed by atoms with Crippen LogP contribution in [0, 0.1) is 0 Å². The first kappa shape index (κ1) is 9.27. The predicted molar refractivity (Wildman–Crippen MR) is 51.2 cm³/mol. The number of aliphatic hydroxyl groups excluding tert-OH is 1. The summed E-state index contributed by atoms with van der Waals surface area (Å²) >= 11 is 0. The van der Waals surface area contributed by atoms with Crippen LogP contribution in [-0.2, 0) is 5.41 Å². The van der Waals surface area contributed by atoms with Crippen molar-refractivity contribution in [3.8, 4) is 0 Å². The molecule has 12 heavy (non-hydrogen) atoms. The maximum atomic E-state index is 9.24. The van der Waals surface area contributed by atoms with Crippen molar-refractivity contribution in [3.63, 3.8) is 0 Å². The van der Waals surface area contributed by atoms with Crippen molar-refractivity contribution in [1.82, 2.24) is 0 Å². The predicted octanol–water partition coefficient (Wildman–Crippen LogP) is 2.35. The van der Waals surface area contributed by atoms with Crippen LogP contribution >= 0.6 is 0 Å². The van der Waals surface area contributed by atoms with Crippen molar-refractivity contribution < 1.29 is 5.11 Å². The molecule has 0 radical (unpaired) electrons. The van der Waals surface area contributed by atoms with Gasteiger partial charge in [0, 0.05) is 5.41 Å². The van der Waals surface area contributed by atoms with E-state index in [1.54, 1.807) is 0 Å². The van der Waals surface area contributed by atoms with Gasteiger partial charge in [-0.05, 0) is 12.0 Å². The zero-order valence-electron chi connectivity index (χ0n) is 7.75. The third kappa shape index (κ3) is 1.67. The van der Waals surface area contributed by atoms with Gasteiger partial charge in [-0.15, -0.1) is 0 Å². The van der Waals surface area contributed by atoms with E-state index in [9.17, 15) is 5.11 Å². The molecule has 66 valence electrons. The molecule has 0 saturated carbocycles. The van der Waals surface area contributed by atoms with Crippen LogP contribution in [0.2, 0.25) is 0 Å². The molecule has 0 aliphatic heterocycles. The Morgan fingerprint density at radius 3 is 2.25 bits per heavy atom. The Morgan fingerprint density at radius 2 is 1.83 bits per heavy atom. The molecule has 0 bridgehead atoms. The van der Waals surface area contributed by atoms with Crippen LogP contribution in [0.15, 0.2) is 30.3 Å². The van der Waals surface area contributed by atoms with Gasteiger partial charge in [-0.1, -0.05) is 44.2 Å². The van der Waals surface area contributed by atoms with Crippen LogP contribution in [0.3, 0.4) is 0 Å². The molecule has 0 saturated heterocycles. The van der Waals surface area contributed by atoms with Gasteiger partial charge in [0.2, 0.25) is 0 Å².